The summed E-state index contributed by atoms with van der Waals surface area (Å²) in [7, 11) is 0. The van der Waals surface area contributed by atoms with Crippen molar-refractivity contribution < 1.29 is 13.2 Å². The molecule has 0 amide bonds. The Hall–Kier alpha value is -1.13. The van der Waals surface area contributed by atoms with E-state index in [1.807, 2.05) is 0 Å². The maximum atomic E-state index is 12.1. The average Bonchev–Trinajstić information content (AvgIpc) is 1.92. The third-order valence-electron chi connectivity index (χ3n) is 1.34. The highest BCUT2D eigenvalue weighted by Gasteiger charge is 2.34. The molecule has 0 N–H and O–H groups in total. The van der Waals surface area contributed by atoms with Crippen LogP contribution in [0.1, 0.15) is 17.1 Å². The van der Waals surface area contributed by atoms with E-state index < -0.39 is 11.9 Å². The van der Waals surface area contributed by atoms with Crippen LogP contribution >= 0.6 is 0 Å². The van der Waals surface area contributed by atoms with Gasteiger partial charge >= 0.3 is 6.18 Å². The summed E-state index contributed by atoms with van der Waals surface area (Å²) in [5.41, 5.74) is -0.719. The first-order valence-electron chi connectivity index (χ1n) is 3.28. The molecule has 0 fully saturated rings. The van der Waals surface area contributed by atoms with E-state index in [-0.39, 0.29) is 11.4 Å². The molecule has 0 radical (unpaired) electrons. The van der Waals surface area contributed by atoms with Crippen molar-refractivity contribution >= 4 is 0 Å². The summed E-state index contributed by atoms with van der Waals surface area (Å²) in [6.45, 7) is 2.76. The molecule has 1 aromatic heterocycles. The van der Waals surface area contributed by atoms with E-state index in [9.17, 15) is 13.2 Å². The Bertz CT molecular complexity index is 293. The monoisotopic (exact) mass is 176 g/mol. The summed E-state index contributed by atoms with van der Waals surface area (Å²) >= 11 is 0. The van der Waals surface area contributed by atoms with Crippen LogP contribution in [0.3, 0.4) is 0 Å². The SMILES string of the molecule is Cc1cnc(C)c(C(F)(F)F)n1. The summed E-state index contributed by atoms with van der Waals surface area (Å²) in [5.74, 6) is 0. The van der Waals surface area contributed by atoms with Gasteiger partial charge in [-0.25, -0.2) is 4.98 Å². The van der Waals surface area contributed by atoms with Crippen molar-refractivity contribution in [2.24, 2.45) is 0 Å². The maximum Gasteiger partial charge on any atom is 0.435 e. The minimum Gasteiger partial charge on any atom is -0.257 e. The number of nitrogens with zero attached hydrogens (tertiary/aromatic N) is 2. The predicted octanol–water partition coefficient (Wildman–Crippen LogP) is 2.11. The molecule has 0 bridgehead atoms. The summed E-state index contributed by atoms with van der Waals surface area (Å²) in [6, 6.07) is 0. The molecule has 0 unspecified atom stereocenters. The summed E-state index contributed by atoms with van der Waals surface area (Å²) in [6.07, 6.45) is -3.09. The average molecular weight is 176 g/mol. The van der Waals surface area contributed by atoms with E-state index in [2.05, 4.69) is 9.97 Å². The smallest absolute Gasteiger partial charge is 0.257 e. The van der Waals surface area contributed by atoms with Crippen LogP contribution < -0.4 is 0 Å². The fourth-order valence-corrected chi connectivity index (χ4v) is 0.806. The third kappa shape index (κ3) is 1.72. The lowest BCUT2D eigenvalue weighted by Gasteiger charge is -2.07. The summed E-state index contributed by atoms with van der Waals surface area (Å²) in [5, 5.41) is 0. The van der Waals surface area contributed by atoms with Crippen LogP contribution in [0.15, 0.2) is 6.20 Å². The molecule has 2 nitrogen and oxygen atoms in total. The zero-order chi connectivity index (χ0) is 9.35. The van der Waals surface area contributed by atoms with Gasteiger partial charge in [0.05, 0.1) is 11.4 Å². The molecule has 5 heteroatoms. The van der Waals surface area contributed by atoms with Crippen molar-refractivity contribution in [3.63, 3.8) is 0 Å². The molecule has 12 heavy (non-hydrogen) atoms. The highest BCUT2D eigenvalue weighted by molar-refractivity contribution is 5.14. The van der Waals surface area contributed by atoms with Gasteiger partial charge in [-0.15, -0.1) is 0 Å². The standard InChI is InChI=1S/C7H7F3N2/c1-4-3-11-5(2)6(12-4)7(8,9)10/h3H,1-2H3. The van der Waals surface area contributed by atoms with Crippen molar-refractivity contribution in [1.29, 1.82) is 0 Å². The minimum absolute atomic E-state index is 0.0897. The number of aromatic nitrogens is 2. The van der Waals surface area contributed by atoms with Crippen molar-refractivity contribution in [3.8, 4) is 0 Å². The molecule has 0 saturated carbocycles. The second kappa shape index (κ2) is 2.73. The molecular weight excluding hydrogens is 169 g/mol. The molecule has 0 aliphatic rings. The molecular formula is C7H7F3N2. The lowest BCUT2D eigenvalue weighted by atomic mass is 10.3. The van der Waals surface area contributed by atoms with Gasteiger partial charge in [0, 0.05) is 6.20 Å². The normalized spacial score (nSPS) is 11.8. The van der Waals surface area contributed by atoms with Crippen LogP contribution in [0.2, 0.25) is 0 Å². The van der Waals surface area contributed by atoms with Gasteiger partial charge in [0.1, 0.15) is 0 Å². The summed E-state index contributed by atoms with van der Waals surface area (Å²) < 4.78 is 36.4. The lowest BCUT2D eigenvalue weighted by molar-refractivity contribution is -0.142. The van der Waals surface area contributed by atoms with Crippen molar-refractivity contribution in [2.45, 2.75) is 20.0 Å². The Morgan fingerprint density at radius 2 is 1.83 bits per heavy atom. The fraction of sp³-hybridized carbons (Fsp3) is 0.429. The largest absolute Gasteiger partial charge is 0.435 e. The fourth-order valence-electron chi connectivity index (χ4n) is 0.806. The van der Waals surface area contributed by atoms with Crippen LogP contribution in [-0.2, 0) is 6.18 Å². The molecule has 0 aromatic carbocycles. The first-order chi connectivity index (χ1) is 5.41. The molecule has 0 aliphatic heterocycles. The predicted molar refractivity (Wildman–Crippen MR) is 36.5 cm³/mol. The van der Waals surface area contributed by atoms with E-state index in [0.29, 0.717) is 0 Å². The Kier molecular flexibility index (Phi) is 2.04. The first-order valence-corrected chi connectivity index (χ1v) is 3.28. The van der Waals surface area contributed by atoms with Crippen molar-refractivity contribution in [2.75, 3.05) is 0 Å². The highest BCUT2D eigenvalue weighted by atomic mass is 19.4. The van der Waals surface area contributed by atoms with E-state index in [1.54, 1.807) is 0 Å². The number of rotatable bonds is 0. The summed E-state index contributed by atoms with van der Waals surface area (Å²) in [4.78, 5) is 6.92. The van der Waals surface area contributed by atoms with Crippen molar-refractivity contribution in [1.82, 2.24) is 9.97 Å². The third-order valence-corrected chi connectivity index (χ3v) is 1.34. The van der Waals surface area contributed by atoms with E-state index in [0.717, 1.165) is 0 Å². The van der Waals surface area contributed by atoms with Gasteiger partial charge in [0.15, 0.2) is 5.69 Å². The van der Waals surface area contributed by atoms with Crippen LogP contribution in [0.4, 0.5) is 13.2 Å². The molecule has 0 aliphatic carbocycles. The van der Waals surface area contributed by atoms with Crippen LogP contribution in [0.25, 0.3) is 0 Å². The number of aryl methyl sites for hydroxylation is 2. The number of alkyl halides is 3. The first kappa shape index (κ1) is 8.96. The zero-order valence-electron chi connectivity index (χ0n) is 6.61. The van der Waals surface area contributed by atoms with Crippen molar-refractivity contribution in [3.05, 3.63) is 23.3 Å². The number of hydrogen-bond donors (Lipinski definition) is 0. The Labute approximate surface area is 67.5 Å². The van der Waals surface area contributed by atoms with Crippen LogP contribution in [0.5, 0.6) is 0 Å². The molecule has 0 spiro atoms. The van der Waals surface area contributed by atoms with Crippen LogP contribution in [0, 0.1) is 13.8 Å². The quantitative estimate of drug-likeness (QED) is 0.605. The van der Waals surface area contributed by atoms with Gasteiger partial charge in [0.2, 0.25) is 0 Å². The van der Waals surface area contributed by atoms with Gasteiger partial charge in [-0.3, -0.25) is 4.98 Å². The van der Waals surface area contributed by atoms with Crippen LogP contribution in [-0.4, -0.2) is 9.97 Å². The van der Waals surface area contributed by atoms with Gasteiger partial charge in [0.25, 0.3) is 0 Å². The maximum absolute atomic E-state index is 12.1. The van der Waals surface area contributed by atoms with E-state index in [1.165, 1.54) is 20.0 Å². The molecule has 0 atom stereocenters. The Morgan fingerprint density at radius 3 is 2.25 bits per heavy atom. The van der Waals surface area contributed by atoms with Gasteiger partial charge in [-0.1, -0.05) is 0 Å². The number of halogens is 3. The second-order valence-electron chi connectivity index (χ2n) is 2.44. The number of hydrogen-bond acceptors (Lipinski definition) is 2. The second-order valence-corrected chi connectivity index (χ2v) is 2.44. The van der Waals surface area contributed by atoms with E-state index in [4.69, 9.17) is 0 Å². The van der Waals surface area contributed by atoms with E-state index >= 15 is 0 Å². The minimum atomic E-state index is -4.40. The zero-order valence-corrected chi connectivity index (χ0v) is 6.61. The Balaban J connectivity index is 3.23. The molecule has 0 saturated heterocycles. The van der Waals surface area contributed by atoms with Gasteiger partial charge in [-0.05, 0) is 13.8 Å². The molecule has 1 aromatic rings. The molecule has 1 rings (SSSR count). The van der Waals surface area contributed by atoms with Gasteiger partial charge in [-0.2, -0.15) is 13.2 Å². The lowest BCUT2D eigenvalue weighted by Crippen LogP contribution is -2.12. The highest BCUT2D eigenvalue weighted by Crippen LogP contribution is 2.28. The van der Waals surface area contributed by atoms with Gasteiger partial charge < -0.3 is 0 Å². The molecule has 66 valence electrons. The Morgan fingerprint density at radius 1 is 1.25 bits per heavy atom. The molecule has 1 heterocycles. The topological polar surface area (TPSA) is 25.8 Å².